The molecule has 0 atom stereocenters. The molecular formula is C11H11F2N3O. The number of aromatic nitrogens is 2. The SMILES string of the molecule is Nc1ccc(Oc2cnn(CC(F)F)c2)cc1. The van der Waals surface area contributed by atoms with E-state index in [9.17, 15) is 8.78 Å². The van der Waals surface area contributed by atoms with Gasteiger partial charge in [-0.25, -0.2) is 8.78 Å². The molecule has 4 nitrogen and oxygen atoms in total. The van der Waals surface area contributed by atoms with Gasteiger partial charge in [0.2, 0.25) is 0 Å². The van der Waals surface area contributed by atoms with Gasteiger partial charge in [0, 0.05) is 5.69 Å². The molecule has 0 saturated carbocycles. The van der Waals surface area contributed by atoms with Crippen molar-refractivity contribution in [2.45, 2.75) is 13.0 Å². The number of hydrogen-bond donors (Lipinski definition) is 1. The van der Waals surface area contributed by atoms with Crippen LogP contribution in [0.5, 0.6) is 11.5 Å². The van der Waals surface area contributed by atoms with E-state index in [0.29, 0.717) is 17.2 Å². The second kappa shape index (κ2) is 4.82. The zero-order valence-corrected chi connectivity index (χ0v) is 8.88. The molecule has 0 radical (unpaired) electrons. The Morgan fingerprint density at radius 2 is 1.94 bits per heavy atom. The Hall–Kier alpha value is -2.11. The van der Waals surface area contributed by atoms with Crippen molar-refractivity contribution >= 4 is 5.69 Å². The van der Waals surface area contributed by atoms with E-state index in [-0.39, 0.29) is 0 Å². The highest BCUT2D eigenvalue weighted by atomic mass is 19.3. The Labute approximate surface area is 96.6 Å². The number of nitrogens with two attached hydrogens (primary N) is 1. The zero-order valence-electron chi connectivity index (χ0n) is 8.88. The van der Waals surface area contributed by atoms with Crippen molar-refractivity contribution in [2.24, 2.45) is 0 Å². The minimum atomic E-state index is -2.43. The quantitative estimate of drug-likeness (QED) is 0.834. The summed E-state index contributed by atoms with van der Waals surface area (Å²) in [6.45, 7) is -0.439. The summed E-state index contributed by atoms with van der Waals surface area (Å²) < 4.78 is 30.7. The molecule has 0 aliphatic carbocycles. The molecule has 2 N–H and O–H groups in total. The Kier molecular flexibility index (Phi) is 3.22. The summed E-state index contributed by atoms with van der Waals surface area (Å²) in [5.74, 6) is 0.992. The van der Waals surface area contributed by atoms with Gasteiger partial charge in [-0.05, 0) is 24.3 Å². The van der Waals surface area contributed by atoms with E-state index >= 15 is 0 Å². The van der Waals surface area contributed by atoms with Gasteiger partial charge < -0.3 is 10.5 Å². The molecule has 2 rings (SSSR count). The van der Waals surface area contributed by atoms with Gasteiger partial charge in [0.1, 0.15) is 12.3 Å². The van der Waals surface area contributed by atoms with E-state index in [1.807, 2.05) is 0 Å². The summed E-state index contributed by atoms with van der Waals surface area (Å²) in [7, 11) is 0. The third-order valence-corrected chi connectivity index (χ3v) is 2.05. The van der Waals surface area contributed by atoms with Gasteiger partial charge in [0.15, 0.2) is 5.75 Å². The van der Waals surface area contributed by atoms with Gasteiger partial charge in [-0.1, -0.05) is 0 Å². The lowest BCUT2D eigenvalue weighted by Gasteiger charge is -2.02. The van der Waals surface area contributed by atoms with E-state index in [2.05, 4.69) is 5.10 Å². The molecule has 0 saturated heterocycles. The van der Waals surface area contributed by atoms with Crippen LogP contribution in [-0.2, 0) is 6.54 Å². The van der Waals surface area contributed by atoms with Crippen molar-refractivity contribution in [2.75, 3.05) is 5.73 Å². The van der Waals surface area contributed by atoms with E-state index in [1.54, 1.807) is 24.3 Å². The molecule has 2 aromatic rings. The lowest BCUT2D eigenvalue weighted by Crippen LogP contribution is -2.06. The maximum Gasteiger partial charge on any atom is 0.257 e. The van der Waals surface area contributed by atoms with Crippen LogP contribution in [0.3, 0.4) is 0 Å². The average molecular weight is 239 g/mol. The fourth-order valence-corrected chi connectivity index (χ4v) is 1.31. The van der Waals surface area contributed by atoms with Crippen LogP contribution in [0.25, 0.3) is 0 Å². The monoisotopic (exact) mass is 239 g/mol. The second-order valence-corrected chi connectivity index (χ2v) is 3.46. The first-order valence-electron chi connectivity index (χ1n) is 4.97. The highest BCUT2D eigenvalue weighted by Crippen LogP contribution is 2.21. The Morgan fingerprint density at radius 3 is 2.59 bits per heavy atom. The molecule has 1 heterocycles. The first kappa shape index (κ1) is 11.4. The van der Waals surface area contributed by atoms with E-state index in [4.69, 9.17) is 10.5 Å². The third kappa shape index (κ3) is 3.17. The number of nitrogen functional groups attached to an aromatic ring is 1. The van der Waals surface area contributed by atoms with Crippen molar-refractivity contribution < 1.29 is 13.5 Å². The van der Waals surface area contributed by atoms with Crippen molar-refractivity contribution in [1.29, 1.82) is 0 Å². The fourth-order valence-electron chi connectivity index (χ4n) is 1.31. The summed E-state index contributed by atoms with van der Waals surface area (Å²) in [5, 5.41) is 3.76. The lowest BCUT2D eigenvalue weighted by atomic mass is 10.3. The number of alkyl halides is 2. The molecule has 0 bridgehead atoms. The van der Waals surface area contributed by atoms with Crippen molar-refractivity contribution in [3.05, 3.63) is 36.7 Å². The summed E-state index contributed by atoms with van der Waals surface area (Å²) in [6.07, 6.45) is 0.376. The topological polar surface area (TPSA) is 53.1 Å². The number of hydrogen-bond acceptors (Lipinski definition) is 3. The number of nitrogens with zero attached hydrogens (tertiary/aromatic N) is 2. The van der Waals surface area contributed by atoms with Crippen LogP contribution in [0.4, 0.5) is 14.5 Å². The Balaban J connectivity index is 2.03. The Bertz CT molecular complexity index is 482. The maximum atomic E-state index is 12.1. The number of anilines is 1. The first-order chi connectivity index (χ1) is 8.13. The van der Waals surface area contributed by atoms with Gasteiger partial charge in [-0.3, -0.25) is 4.68 Å². The standard InChI is InChI=1S/C11H11F2N3O/c12-11(13)7-16-6-10(5-15-16)17-9-3-1-8(14)2-4-9/h1-6,11H,7,14H2. The average Bonchev–Trinajstić information content (AvgIpc) is 2.68. The van der Waals surface area contributed by atoms with E-state index in [0.717, 1.165) is 4.68 Å². The van der Waals surface area contributed by atoms with Gasteiger partial charge >= 0.3 is 0 Å². The first-order valence-corrected chi connectivity index (χ1v) is 4.97. The van der Waals surface area contributed by atoms with Crippen LogP contribution in [0.2, 0.25) is 0 Å². The Morgan fingerprint density at radius 1 is 1.24 bits per heavy atom. The lowest BCUT2D eigenvalue weighted by molar-refractivity contribution is 0.122. The molecule has 0 amide bonds. The number of rotatable bonds is 4. The van der Waals surface area contributed by atoms with Crippen LogP contribution in [0, 0.1) is 0 Å². The molecule has 0 fully saturated rings. The molecule has 0 aliphatic heterocycles. The molecule has 90 valence electrons. The summed E-state index contributed by atoms with van der Waals surface area (Å²) >= 11 is 0. The fraction of sp³-hybridized carbons (Fsp3) is 0.182. The molecule has 0 unspecified atom stereocenters. The maximum absolute atomic E-state index is 12.1. The van der Waals surface area contributed by atoms with Crippen LogP contribution >= 0.6 is 0 Å². The molecular weight excluding hydrogens is 228 g/mol. The number of halogens is 2. The van der Waals surface area contributed by atoms with Crippen LogP contribution in [0.15, 0.2) is 36.7 Å². The van der Waals surface area contributed by atoms with Crippen LogP contribution < -0.4 is 10.5 Å². The number of ether oxygens (including phenoxy) is 1. The number of benzene rings is 1. The molecule has 6 heteroatoms. The summed E-state index contributed by atoms with van der Waals surface area (Å²) in [5.41, 5.74) is 6.15. The summed E-state index contributed by atoms with van der Waals surface area (Å²) in [6, 6.07) is 6.78. The van der Waals surface area contributed by atoms with Gasteiger partial charge in [0.05, 0.1) is 12.4 Å². The normalized spacial score (nSPS) is 10.8. The minimum absolute atomic E-state index is 0.412. The molecule has 0 aliphatic rings. The van der Waals surface area contributed by atoms with Crippen molar-refractivity contribution in [1.82, 2.24) is 9.78 Å². The van der Waals surface area contributed by atoms with Crippen molar-refractivity contribution in [3.63, 3.8) is 0 Å². The zero-order chi connectivity index (χ0) is 12.3. The highest BCUT2D eigenvalue weighted by molar-refractivity contribution is 5.42. The summed E-state index contributed by atoms with van der Waals surface area (Å²) in [4.78, 5) is 0. The molecule has 1 aromatic heterocycles. The predicted molar refractivity (Wildman–Crippen MR) is 59.2 cm³/mol. The highest BCUT2D eigenvalue weighted by Gasteiger charge is 2.06. The molecule has 0 spiro atoms. The predicted octanol–water partition coefficient (Wildman–Crippen LogP) is 2.52. The van der Waals surface area contributed by atoms with Gasteiger partial charge in [0.25, 0.3) is 6.43 Å². The van der Waals surface area contributed by atoms with Crippen molar-refractivity contribution in [3.8, 4) is 11.5 Å². The van der Waals surface area contributed by atoms with Gasteiger partial charge in [-0.15, -0.1) is 0 Å². The smallest absolute Gasteiger partial charge is 0.257 e. The second-order valence-electron chi connectivity index (χ2n) is 3.46. The van der Waals surface area contributed by atoms with E-state index < -0.39 is 13.0 Å². The van der Waals surface area contributed by atoms with Gasteiger partial charge in [-0.2, -0.15) is 5.10 Å². The minimum Gasteiger partial charge on any atom is -0.454 e. The molecule has 17 heavy (non-hydrogen) atoms. The third-order valence-electron chi connectivity index (χ3n) is 2.05. The molecule has 1 aromatic carbocycles. The van der Waals surface area contributed by atoms with Crippen LogP contribution in [-0.4, -0.2) is 16.2 Å². The van der Waals surface area contributed by atoms with Crippen LogP contribution in [0.1, 0.15) is 0 Å². The van der Waals surface area contributed by atoms with E-state index in [1.165, 1.54) is 12.4 Å². The largest absolute Gasteiger partial charge is 0.454 e.